The van der Waals surface area contributed by atoms with Gasteiger partial charge in [-0.3, -0.25) is 4.79 Å². The Bertz CT molecular complexity index is 1510. The van der Waals surface area contributed by atoms with E-state index in [1.807, 2.05) is 30.3 Å². The van der Waals surface area contributed by atoms with Gasteiger partial charge in [0.2, 0.25) is 5.24 Å². The quantitative estimate of drug-likeness (QED) is 0.153. The van der Waals surface area contributed by atoms with Crippen molar-refractivity contribution in [3.63, 3.8) is 0 Å². The number of hydrogen-bond donors (Lipinski definition) is 0. The third-order valence-electron chi connectivity index (χ3n) is 6.97. The van der Waals surface area contributed by atoms with E-state index in [0.717, 1.165) is 48.7 Å². The molecule has 3 aromatic carbocycles. The maximum Gasteiger partial charge on any atom is 0.223 e. The number of fused-ring (bicyclic) bond motifs is 1. The van der Waals surface area contributed by atoms with Crippen molar-refractivity contribution < 1.29 is 19.0 Å². The number of carbonyl (C=O) groups is 1. The van der Waals surface area contributed by atoms with E-state index in [2.05, 4.69) is 54.5 Å². The summed E-state index contributed by atoms with van der Waals surface area (Å²) in [5.41, 5.74) is 5.62. The molecule has 4 nitrogen and oxygen atoms in total. The van der Waals surface area contributed by atoms with Gasteiger partial charge >= 0.3 is 0 Å². The topological polar surface area (TPSA) is 44.8 Å². The van der Waals surface area contributed by atoms with E-state index in [-0.39, 0.29) is 23.7 Å². The summed E-state index contributed by atoms with van der Waals surface area (Å²) in [5.74, 6) is 7.51. The highest BCUT2D eigenvalue weighted by atomic mass is 35.5. The Morgan fingerprint density at radius 2 is 1.82 bits per heavy atom. The van der Waals surface area contributed by atoms with Gasteiger partial charge in [0.25, 0.3) is 0 Å². The van der Waals surface area contributed by atoms with Crippen LogP contribution in [-0.4, -0.2) is 24.6 Å². The molecule has 1 aliphatic rings. The van der Waals surface area contributed by atoms with E-state index < -0.39 is 0 Å². The Morgan fingerprint density at radius 1 is 1.05 bits per heavy atom. The normalized spacial score (nSPS) is 14.4. The second-order valence-corrected chi connectivity index (χ2v) is 11.1. The van der Waals surface area contributed by atoms with Crippen molar-refractivity contribution in [1.29, 1.82) is 0 Å². The monoisotopic (exact) mass is 558 g/mol. The van der Waals surface area contributed by atoms with E-state index in [1.165, 1.54) is 26.8 Å². The summed E-state index contributed by atoms with van der Waals surface area (Å²) in [6.07, 6.45) is 2.30. The Labute approximate surface area is 238 Å². The van der Waals surface area contributed by atoms with E-state index in [4.69, 9.17) is 25.8 Å². The maximum absolute atomic E-state index is 11.4. The Hall–Kier alpha value is -3.30. The van der Waals surface area contributed by atoms with Gasteiger partial charge in [-0.05, 0) is 83.4 Å². The number of ether oxygens (including phenoxy) is 3. The van der Waals surface area contributed by atoms with Crippen LogP contribution in [0.15, 0.2) is 66.0 Å². The number of rotatable bonds is 9. The smallest absolute Gasteiger partial charge is 0.223 e. The Morgan fingerprint density at radius 3 is 2.54 bits per heavy atom. The zero-order valence-corrected chi connectivity index (χ0v) is 23.7. The molecule has 1 saturated heterocycles. The van der Waals surface area contributed by atoms with Crippen LogP contribution in [0.5, 0.6) is 11.5 Å². The number of hydrogen-bond acceptors (Lipinski definition) is 5. The van der Waals surface area contributed by atoms with Crippen molar-refractivity contribution in [2.45, 2.75) is 51.7 Å². The second kappa shape index (κ2) is 12.7. The number of carbonyl (C=O) groups excluding carboxylic acids is 1. The largest absolute Gasteiger partial charge is 0.490 e. The zero-order chi connectivity index (χ0) is 27.2. The van der Waals surface area contributed by atoms with Gasteiger partial charge in [0.15, 0.2) is 0 Å². The van der Waals surface area contributed by atoms with Gasteiger partial charge in [0.05, 0.1) is 19.1 Å². The standard InChI is InChI=1S/C33H31ClO4S/c1-3-4-25(18-33(34)35)24-7-5-23(6-8-24)20-37-27-10-12-32-30(19-27)31(21-39-32)29-11-9-28(17-22(29)2)38-26-13-15-36-16-14-26/h5-12,17,19,21,25-26H,13-16,18,20H2,1-2H3/t25-/m0/s1. The van der Waals surface area contributed by atoms with Crippen LogP contribution < -0.4 is 9.47 Å². The lowest BCUT2D eigenvalue weighted by Gasteiger charge is -2.23. The fourth-order valence-corrected chi connectivity index (χ4v) is 6.00. The Kier molecular flexibility index (Phi) is 8.88. The molecule has 0 spiro atoms. The third kappa shape index (κ3) is 6.83. The fraction of sp³-hybridized carbons (Fsp3) is 0.303. The summed E-state index contributed by atoms with van der Waals surface area (Å²) < 4.78 is 19.1. The molecule has 0 radical (unpaired) electrons. The summed E-state index contributed by atoms with van der Waals surface area (Å²) in [4.78, 5) is 11.4. The lowest BCUT2D eigenvalue weighted by molar-refractivity contribution is -0.111. The molecule has 4 aromatic rings. The minimum absolute atomic E-state index is 0.194. The zero-order valence-electron chi connectivity index (χ0n) is 22.2. The van der Waals surface area contributed by atoms with Crippen molar-refractivity contribution >= 4 is 38.3 Å². The van der Waals surface area contributed by atoms with Crippen molar-refractivity contribution in [3.8, 4) is 34.5 Å². The van der Waals surface area contributed by atoms with Crippen LogP contribution in [0.1, 0.15) is 48.8 Å². The summed E-state index contributed by atoms with van der Waals surface area (Å²) in [6.45, 7) is 5.89. The minimum Gasteiger partial charge on any atom is -0.490 e. The van der Waals surface area contributed by atoms with Crippen molar-refractivity contribution in [1.82, 2.24) is 0 Å². The van der Waals surface area contributed by atoms with Crippen molar-refractivity contribution in [2.75, 3.05) is 13.2 Å². The molecule has 5 rings (SSSR count). The van der Waals surface area contributed by atoms with Gasteiger partial charge in [-0.15, -0.1) is 17.3 Å². The highest BCUT2D eigenvalue weighted by molar-refractivity contribution is 7.17. The molecule has 39 heavy (non-hydrogen) atoms. The molecule has 200 valence electrons. The van der Waals surface area contributed by atoms with Gasteiger partial charge in [0, 0.05) is 34.9 Å². The van der Waals surface area contributed by atoms with Crippen LogP contribution >= 0.6 is 22.9 Å². The molecule has 6 heteroatoms. The van der Waals surface area contributed by atoms with Gasteiger partial charge < -0.3 is 14.2 Å². The molecule has 1 aromatic heterocycles. The number of benzene rings is 3. The van der Waals surface area contributed by atoms with E-state index in [1.54, 1.807) is 18.3 Å². The van der Waals surface area contributed by atoms with E-state index in [0.29, 0.717) is 6.61 Å². The third-order valence-corrected chi connectivity index (χ3v) is 8.09. The van der Waals surface area contributed by atoms with Crippen LogP contribution in [0.3, 0.4) is 0 Å². The molecule has 2 heterocycles. The van der Waals surface area contributed by atoms with E-state index >= 15 is 0 Å². The molecule has 1 fully saturated rings. The average molecular weight is 559 g/mol. The maximum atomic E-state index is 11.4. The van der Waals surface area contributed by atoms with Gasteiger partial charge in [-0.1, -0.05) is 36.3 Å². The molecule has 0 aliphatic carbocycles. The van der Waals surface area contributed by atoms with Crippen molar-refractivity contribution in [3.05, 3.63) is 82.7 Å². The van der Waals surface area contributed by atoms with Gasteiger partial charge in [-0.2, -0.15) is 0 Å². The molecular weight excluding hydrogens is 528 g/mol. The molecule has 0 N–H and O–H groups in total. The van der Waals surface area contributed by atoms with Gasteiger partial charge in [0.1, 0.15) is 24.2 Å². The first kappa shape index (κ1) is 27.3. The van der Waals surface area contributed by atoms with Crippen LogP contribution in [0.2, 0.25) is 0 Å². The summed E-state index contributed by atoms with van der Waals surface area (Å²) in [6, 6.07) is 20.7. The number of halogens is 1. The first-order valence-electron chi connectivity index (χ1n) is 13.2. The first-order valence-corrected chi connectivity index (χ1v) is 14.4. The summed E-state index contributed by atoms with van der Waals surface area (Å²) >= 11 is 7.35. The van der Waals surface area contributed by atoms with Crippen LogP contribution in [0, 0.1) is 18.8 Å². The Balaban J connectivity index is 1.29. The molecule has 1 atom stereocenters. The SMILES string of the molecule is CC#C[C@@H](CC(=O)Cl)c1ccc(COc2ccc3scc(-c4ccc(OC5CCOCC5)cc4C)c3c2)cc1. The highest BCUT2D eigenvalue weighted by Crippen LogP contribution is 2.38. The highest BCUT2D eigenvalue weighted by Gasteiger charge is 2.17. The second-order valence-electron chi connectivity index (χ2n) is 9.75. The molecular formula is C33H31ClO4S. The predicted octanol–water partition coefficient (Wildman–Crippen LogP) is 8.28. The molecule has 0 saturated carbocycles. The van der Waals surface area contributed by atoms with Crippen LogP contribution in [0.25, 0.3) is 21.2 Å². The number of thiophene rings is 1. The molecule has 1 aliphatic heterocycles. The fourth-order valence-electron chi connectivity index (χ4n) is 4.90. The van der Waals surface area contributed by atoms with E-state index in [9.17, 15) is 4.79 Å². The first-order chi connectivity index (χ1) is 19.0. The van der Waals surface area contributed by atoms with Crippen molar-refractivity contribution in [2.24, 2.45) is 0 Å². The predicted molar refractivity (Wildman–Crippen MR) is 159 cm³/mol. The summed E-state index contributed by atoms with van der Waals surface area (Å²) in [5, 5.41) is 3.02. The van der Waals surface area contributed by atoms with Crippen LogP contribution in [-0.2, 0) is 16.1 Å². The van der Waals surface area contributed by atoms with Gasteiger partial charge in [-0.25, -0.2) is 0 Å². The summed E-state index contributed by atoms with van der Waals surface area (Å²) in [7, 11) is 0. The number of aryl methyl sites for hydroxylation is 1. The van der Waals surface area contributed by atoms with Crippen LogP contribution in [0.4, 0.5) is 0 Å². The molecule has 0 unspecified atom stereocenters. The minimum atomic E-state index is -0.382. The lowest BCUT2D eigenvalue weighted by Crippen LogP contribution is -2.25. The average Bonchev–Trinajstić information content (AvgIpc) is 3.35. The molecule has 0 bridgehead atoms. The lowest BCUT2D eigenvalue weighted by atomic mass is 9.96. The molecule has 0 amide bonds.